The average Bonchev–Trinajstić information content (AvgIpc) is 3.14. The van der Waals surface area contributed by atoms with Crippen molar-refractivity contribution in [1.29, 1.82) is 0 Å². The minimum atomic E-state index is 0.341. The molecule has 0 spiro atoms. The van der Waals surface area contributed by atoms with Gasteiger partial charge in [-0.2, -0.15) is 0 Å². The highest BCUT2D eigenvalue weighted by molar-refractivity contribution is 4.91. The first-order valence-corrected chi connectivity index (χ1v) is 7.66. The van der Waals surface area contributed by atoms with Gasteiger partial charge in [0.05, 0.1) is 0 Å². The molecule has 1 saturated heterocycles. The average molecular weight is 238 g/mol. The fraction of sp³-hybridized carbons (Fsp3) is 1.00. The molecule has 17 heavy (non-hydrogen) atoms. The first kappa shape index (κ1) is 13.4. The Morgan fingerprint density at radius 1 is 1.35 bits per heavy atom. The summed E-state index contributed by atoms with van der Waals surface area (Å²) < 4.78 is 0. The Morgan fingerprint density at radius 3 is 2.71 bits per heavy atom. The molecule has 0 aromatic heterocycles. The van der Waals surface area contributed by atoms with E-state index in [-0.39, 0.29) is 0 Å². The summed E-state index contributed by atoms with van der Waals surface area (Å²) in [7, 11) is 0. The molecule has 100 valence electrons. The van der Waals surface area contributed by atoms with Gasteiger partial charge in [-0.1, -0.05) is 26.7 Å². The SMILES string of the molecule is CCC(CC1CC1)N1CCCNC(C)(CC)C1. The number of hydrogen-bond donors (Lipinski definition) is 1. The number of rotatable bonds is 5. The first-order valence-electron chi connectivity index (χ1n) is 7.66. The van der Waals surface area contributed by atoms with Crippen LogP contribution in [0.3, 0.4) is 0 Å². The van der Waals surface area contributed by atoms with E-state index in [1.807, 2.05) is 0 Å². The van der Waals surface area contributed by atoms with E-state index in [1.54, 1.807) is 0 Å². The van der Waals surface area contributed by atoms with Gasteiger partial charge in [0.2, 0.25) is 0 Å². The normalized spacial score (nSPS) is 33.4. The van der Waals surface area contributed by atoms with E-state index in [2.05, 4.69) is 31.0 Å². The van der Waals surface area contributed by atoms with Crippen molar-refractivity contribution in [3.63, 3.8) is 0 Å². The van der Waals surface area contributed by atoms with Gasteiger partial charge >= 0.3 is 0 Å². The molecule has 1 aliphatic carbocycles. The molecule has 2 aliphatic rings. The molecule has 0 aromatic carbocycles. The summed E-state index contributed by atoms with van der Waals surface area (Å²) in [4.78, 5) is 2.78. The Morgan fingerprint density at radius 2 is 2.12 bits per heavy atom. The summed E-state index contributed by atoms with van der Waals surface area (Å²) in [5.41, 5.74) is 0.341. The van der Waals surface area contributed by atoms with Crippen LogP contribution in [-0.2, 0) is 0 Å². The van der Waals surface area contributed by atoms with Gasteiger partial charge in [-0.05, 0) is 51.6 Å². The van der Waals surface area contributed by atoms with Gasteiger partial charge in [-0.3, -0.25) is 4.90 Å². The van der Waals surface area contributed by atoms with Crippen LogP contribution in [-0.4, -0.2) is 36.1 Å². The summed E-state index contributed by atoms with van der Waals surface area (Å²) in [6, 6.07) is 0.841. The maximum atomic E-state index is 3.74. The molecule has 1 aliphatic heterocycles. The van der Waals surface area contributed by atoms with Crippen molar-refractivity contribution < 1.29 is 0 Å². The van der Waals surface area contributed by atoms with Gasteiger partial charge in [0, 0.05) is 18.1 Å². The van der Waals surface area contributed by atoms with Crippen LogP contribution in [0.1, 0.15) is 59.3 Å². The third kappa shape index (κ3) is 3.69. The second kappa shape index (κ2) is 5.71. The molecule has 1 heterocycles. The lowest BCUT2D eigenvalue weighted by Gasteiger charge is -2.37. The van der Waals surface area contributed by atoms with E-state index in [4.69, 9.17) is 0 Å². The zero-order valence-electron chi connectivity index (χ0n) is 12.0. The highest BCUT2D eigenvalue weighted by atomic mass is 15.2. The third-order valence-corrected chi connectivity index (χ3v) is 4.80. The van der Waals surface area contributed by atoms with Gasteiger partial charge in [0.15, 0.2) is 0 Å². The van der Waals surface area contributed by atoms with Crippen LogP contribution in [0, 0.1) is 5.92 Å². The van der Waals surface area contributed by atoms with Crippen molar-refractivity contribution in [3.05, 3.63) is 0 Å². The standard InChI is InChI=1S/C15H30N2/c1-4-14(11-13-7-8-13)17-10-6-9-16-15(3,5-2)12-17/h13-14,16H,4-12H2,1-3H3. The second-order valence-corrected chi connectivity index (χ2v) is 6.41. The van der Waals surface area contributed by atoms with Gasteiger partial charge in [0.25, 0.3) is 0 Å². The zero-order chi connectivity index (χ0) is 12.3. The van der Waals surface area contributed by atoms with Crippen molar-refractivity contribution in [2.24, 2.45) is 5.92 Å². The minimum absolute atomic E-state index is 0.341. The predicted octanol–water partition coefficient (Wildman–Crippen LogP) is 3.03. The summed E-state index contributed by atoms with van der Waals surface area (Å²) in [5, 5.41) is 3.74. The molecule has 0 bridgehead atoms. The van der Waals surface area contributed by atoms with Crippen LogP contribution in [0.25, 0.3) is 0 Å². The number of nitrogens with one attached hydrogen (secondary N) is 1. The number of hydrogen-bond acceptors (Lipinski definition) is 2. The molecule has 2 nitrogen and oxygen atoms in total. The Labute approximate surface area is 107 Å². The Balaban J connectivity index is 1.95. The van der Waals surface area contributed by atoms with E-state index >= 15 is 0 Å². The van der Waals surface area contributed by atoms with Crippen LogP contribution in [0.4, 0.5) is 0 Å². The van der Waals surface area contributed by atoms with E-state index in [0.29, 0.717) is 5.54 Å². The molecule has 2 unspecified atom stereocenters. The smallest absolute Gasteiger partial charge is 0.0277 e. The quantitative estimate of drug-likeness (QED) is 0.792. The van der Waals surface area contributed by atoms with Crippen molar-refractivity contribution in [2.75, 3.05) is 19.6 Å². The second-order valence-electron chi connectivity index (χ2n) is 6.41. The van der Waals surface area contributed by atoms with Crippen LogP contribution >= 0.6 is 0 Å². The largest absolute Gasteiger partial charge is 0.310 e. The van der Waals surface area contributed by atoms with Gasteiger partial charge < -0.3 is 5.32 Å². The lowest BCUT2D eigenvalue weighted by Crippen LogP contribution is -2.50. The molecule has 0 aromatic rings. The zero-order valence-corrected chi connectivity index (χ0v) is 12.0. The van der Waals surface area contributed by atoms with E-state index in [1.165, 1.54) is 58.2 Å². The van der Waals surface area contributed by atoms with Crippen LogP contribution in [0.5, 0.6) is 0 Å². The third-order valence-electron chi connectivity index (χ3n) is 4.80. The van der Waals surface area contributed by atoms with Crippen LogP contribution < -0.4 is 5.32 Å². The van der Waals surface area contributed by atoms with Crippen molar-refractivity contribution in [3.8, 4) is 0 Å². The molecule has 2 atom stereocenters. The lowest BCUT2D eigenvalue weighted by atomic mass is 9.96. The predicted molar refractivity (Wildman–Crippen MR) is 74.3 cm³/mol. The van der Waals surface area contributed by atoms with E-state index in [0.717, 1.165) is 12.0 Å². The summed E-state index contributed by atoms with van der Waals surface area (Å²) in [5.74, 6) is 1.06. The van der Waals surface area contributed by atoms with Gasteiger partial charge in [-0.15, -0.1) is 0 Å². The number of nitrogens with zero attached hydrogens (tertiary/aromatic N) is 1. The Kier molecular flexibility index (Phi) is 4.48. The fourth-order valence-corrected chi connectivity index (χ4v) is 3.12. The monoisotopic (exact) mass is 238 g/mol. The molecule has 2 heteroatoms. The molecular formula is C15H30N2. The van der Waals surface area contributed by atoms with E-state index < -0.39 is 0 Å². The molecule has 0 amide bonds. The molecule has 1 N–H and O–H groups in total. The Hall–Kier alpha value is -0.0800. The fourth-order valence-electron chi connectivity index (χ4n) is 3.12. The topological polar surface area (TPSA) is 15.3 Å². The summed E-state index contributed by atoms with van der Waals surface area (Å²) in [6.45, 7) is 10.8. The Bertz CT molecular complexity index is 237. The van der Waals surface area contributed by atoms with Crippen molar-refractivity contribution >= 4 is 0 Å². The lowest BCUT2D eigenvalue weighted by molar-refractivity contribution is 0.144. The molecule has 0 radical (unpaired) electrons. The minimum Gasteiger partial charge on any atom is -0.310 e. The van der Waals surface area contributed by atoms with Crippen LogP contribution in [0.2, 0.25) is 0 Å². The van der Waals surface area contributed by atoms with Gasteiger partial charge in [-0.25, -0.2) is 0 Å². The van der Waals surface area contributed by atoms with E-state index in [9.17, 15) is 0 Å². The molecule has 2 rings (SSSR count). The molecule has 1 saturated carbocycles. The highest BCUT2D eigenvalue weighted by Gasteiger charge is 2.33. The van der Waals surface area contributed by atoms with Gasteiger partial charge in [0.1, 0.15) is 0 Å². The summed E-state index contributed by atoms with van der Waals surface area (Å²) >= 11 is 0. The first-order chi connectivity index (χ1) is 8.17. The van der Waals surface area contributed by atoms with Crippen LogP contribution in [0.15, 0.2) is 0 Å². The highest BCUT2D eigenvalue weighted by Crippen LogP contribution is 2.36. The van der Waals surface area contributed by atoms with Crippen molar-refractivity contribution in [2.45, 2.75) is 70.9 Å². The summed E-state index contributed by atoms with van der Waals surface area (Å²) in [6.07, 6.45) is 8.33. The maximum absolute atomic E-state index is 3.74. The molecule has 2 fully saturated rings. The van der Waals surface area contributed by atoms with Crippen molar-refractivity contribution in [1.82, 2.24) is 10.2 Å². The molecular weight excluding hydrogens is 208 g/mol. The maximum Gasteiger partial charge on any atom is 0.0277 e.